The molecule has 3 nitrogen and oxygen atoms in total. The Kier molecular flexibility index (Phi) is 2.02. The zero-order valence-electron chi connectivity index (χ0n) is 8.73. The maximum Gasteiger partial charge on any atom is 0.101 e. The lowest BCUT2D eigenvalue weighted by molar-refractivity contribution is 0.0786. The van der Waals surface area contributed by atoms with Crippen LogP contribution in [0.2, 0.25) is 0 Å². The van der Waals surface area contributed by atoms with Crippen LogP contribution in [0.25, 0.3) is 5.52 Å². The van der Waals surface area contributed by atoms with E-state index < -0.39 is 5.60 Å². The fourth-order valence-electron chi connectivity index (χ4n) is 1.57. The molecule has 0 spiro atoms. The van der Waals surface area contributed by atoms with Gasteiger partial charge in [0, 0.05) is 12.4 Å². The van der Waals surface area contributed by atoms with Crippen LogP contribution in [0.3, 0.4) is 0 Å². The highest BCUT2D eigenvalue weighted by Gasteiger charge is 2.16. The number of nitrogens with zero attached hydrogens (tertiary/aromatic N) is 2. The average molecular weight is 200 g/mol. The third-order valence-electron chi connectivity index (χ3n) is 2.49. The first kappa shape index (κ1) is 9.75. The molecule has 3 heteroatoms. The molecular formula is C12H12N2O. The Bertz CT molecular complexity index is 541. The molecule has 2 aromatic rings. The quantitative estimate of drug-likeness (QED) is 0.765. The summed E-state index contributed by atoms with van der Waals surface area (Å²) in [5.41, 5.74) is 1.39. The first-order valence-corrected chi connectivity index (χ1v) is 4.76. The number of rotatable bonds is 1. The lowest BCUT2D eigenvalue weighted by atomic mass is 9.99. The van der Waals surface area contributed by atoms with Crippen molar-refractivity contribution < 1.29 is 5.11 Å². The molecule has 76 valence electrons. The van der Waals surface area contributed by atoms with Gasteiger partial charge in [-0.1, -0.05) is 0 Å². The van der Waals surface area contributed by atoms with Crippen molar-refractivity contribution in [2.24, 2.45) is 0 Å². The monoisotopic (exact) mass is 200 g/mol. The summed E-state index contributed by atoms with van der Waals surface area (Å²) in [6, 6.07) is 7.59. The van der Waals surface area contributed by atoms with Crippen molar-refractivity contribution in [2.75, 3.05) is 0 Å². The number of pyridine rings is 1. The molecule has 0 aliphatic carbocycles. The molecule has 15 heavy (non-hydrogen) atoms. The molecule has 2 heterocycles. The number of nitriles is 1. The smallest absolute Gasteiger partial charge is 0.101 e. The molecule has 2 aromatic heterocycles. The van der Waals surface area contributed by atoms with E-state index in [4.69, 9.17) is 5.26 Å². The van der Waals surface area contributed by atoms with E-state index in [0.29, 0.717) is 5.56 Å². The van der Waals surface area contributed by atoms with E-state index in [2.05, 4.69) is 6.07 Å². The summed E-state index contributed by atoms with van der Waals surface area (Å²) >= 11 is 0. The molecule has 0 atom stereocenters. The zero-order chi connectivity index (χ0) is 11.1. The summed E-state index contributed by atoms with van der Waals surface area (Å²) in [6.07, 6.45) is 3.69. The van der Waals surface area contributed by atoms with Crippen molar-refractivity contribution in [1.82, 2.24) is 4.40 Å². The van der Waals surface area contributed by atoms with Gasteiger partial charge in [-0.2, -0.15) is 5.26 Å². The molecule has 1 N–H and O–H groups in total. The second kappa shape index (κ2) is 3.11. The highest BCUT2D eigenvalue weighted by Crippen LogP contribution is 2.22. The van der Waals surface area contributed by atoms with E-state index in [9.17, 15) is 5.11 Å². The van der Waals surface area contributed by atoms with Crippen LogP contribution in [0.1, 0.15) is 25.0 Å². The number of hydrogen-bond acceptors (Lipinski definition) is 2. The molecule has 0 bridgehead atoms. The molecular weight excluding hydrogens is 188 g/mol. The van der Waals surface area contributed by atoms with E-state index in [0.717, 1.165) is 11.1 Å². The van der Waals surface area contributed by atoms with Crippen LogP contribution in [0.4, 0.5) is 0 Å². The maximum absolute atomic E-state index is 9.86. The zero-order valence-corrected chi connectivity index (χ0v) is 8.73. The highest BCUT2D eigenvalue weighted by atomic mass is 16.3. The van der Waals surface area contributed by atoms with Crippen LogP contribution in [0, 0.1) is 11.3 Å². The van der Waals surface area contributed by atoms with E-state index in [1.165, 1.54) is 0 Å². The van der Waals surface area contributed by atoms with E-state index >= 15 is 0 Å². The van der Waals surface area contributed by atoms with Gasteiger partial charge in [0.1, 0.15) is 6.07 Å². The Morgan fingerprint density at radius 3 is 2.60 bits per heavy atom. The predicted molar refractivity (Wildman–Crippen MR) is 57.4 cm³/mol. The molecule has 0 radical (unpaired) electrons. The van der Waals surface area contributed by atoms with Crippen LogP contribution in [0.15, 0.2) is 30.6 Å². The second-order valence-electron chi connectivity index (χ2n) is 4.11. The number of aliphatic hydroxyl groups is 1. The van der Waals surface area contributed by atoms with Gasteiger partial charge in [-0.15, -0.1) is 0 Å². The summed E-state index contributed by atoms with van der Waals surface area (Å²) in [6.45, 7) is 3.46. The fraction of sp³-hybridized carbons (Fsp3) is 0.250. The normalized spacial score (nSPS) is 11.6. The van der Waals surface area contributed by atoms with Crippen LogP contribution < -0.4 is 0 Å². The standard InChI is InChI=1S/C12H12N2O/c1-12(2,15)10-4-6-14-5-3-9(8-13)11(14)7-10/h3-7,15H,1-2H3. The highest BCUT2D eigenvalue weighted by molar-refractivity contribution is 5.62. The molecule has 0 saturated heterocycles. The summed E-state index contributed by atoms with van der Waals surface area (Å²) in [7, 11) is 0. The van der Waals surface area contributed by atoms with Crippen LogP contribution in [0.5, 0.6) is 0 Å². The number of hydrogen-bond donors (Lipinski definition) is 1. The molecule has 0 aromatic carbocycles. The van der Waals surface area contributed by atoms with Crippen LogP contribution in [-0.4, -0.2) is 9.51 Å². The minimum absolute atomic E-state index is 0.626. The number of fused-ring (bicyclic) bond motifs is 1. The van der Waals surface area contributed by atoms with Crippen molar-refractivity contribution >= 4 is 5.52 Å². The molecule has 0 aliphatic rings. The topological polar surface area (TPSA) is 48.4 Å². The number of aromatic nitrogens is 1. The summed E-state index contributed by atoms with van der Waals surface area (Å²) in [5, 5.41) is 18.7. The summed E-state index contributed by atoms with van der Waals surface area (Å²) in [5.74, 6) is 0. The Balaban J connectivity index is 2.69. The third-order valence-corrected chi connectivity index (χ3v) is 2.49. The van der Waals surface area contributed by atoms with Gasteiger partial charge in [0.25, 0.3) is 0 Å². The predicted octanol–water partition coefficient (Wildman–Crippen LogP) is 2.04. The lowest BCUT2D eigenvalue weighted by Crippen LogP contribution is -2.15. The van der Waals surface area contributed by atoms with Gasteiger partial charge >= 0.3 is 0 Å². The SMILES string of the molecule is CC(C)(O)c1ccn2ccc(C#N)c2c1. The fourth-order valence-corrected chi connectivity index (χ4v) is 1.57. The van der Waals surface area contributed by atoms with Crippen molar-refractivity contribution in [2.45, 2.75) is 19.4 Å². The van der Waals surface area contributed by atoms with E-state index in [-0.39, 0.29) is 0 Å². The minimum atomic E-state index is -0.876. The second-order valence-corrected chi connectivity index (χ2v) is 4.11. The summed E-state index contributed by atoms with van der Waals surface area (Å²) < 4.78 is 1.87. The Labute approximate surface area is 88.2 Å². The Morgan fingerprint density at radius 1 is 1.33 bits per heavy atom. The van der Waals surface area contributed by atoms with Crippen molar-refractivity contribution in [3.63, 3.8) is 0 Å². The van der Waals surface area contributed by atoms with Gasteiger partial charge in [0.2, 0.25) is 0 Å². The van der Waals surface area contributed by atoms with Gasteiger partial charge in [0.05, 0.1) is 16.7 Å². The average Bonchev–Trinajstić information content (AvgIpc) is 2.57. The van der Waals surface area contributed by atoms with Crippen LogP contribution in [-0.2, 0) is 5.60 Å². The summed E-state index contributed by atoms with van der Waals surface area (Å²) in [4.78, 5) is 0. The minimum Gasteiger partial charge on any atom is -0.386 e. The first-order chi connectivity index (χ1) is 7.02. The van der Waals surface area contributed by atoms with Gasteiger partial charge < -0.3 is 9.51 Å². The van der Waals surface area contributed by atoms with Gasteiger partial charge in [-0.05, 0) is 37.6 Å². The van der Waals surface area contributed by atoms with Crippen molar-refractivity contribution in [3.8, 4) is 6.07 Å². The molecule has 0 amide bonds. The third kappa shape index (κ3) is 1.60. The largest absolute Gasteiger partial charge is 0.386 e. The Hall–Kier alpha value is -1.79. The molecule has 2 rings (SSSR count). The van der Waals surface area contributed by atoms with Gasteiger partial charge in [0.15, 0.2) is 0 Å². The maximum atomic E-state index is 9.86. The molecule has 0 aliphatic heterocycles. The van der Waals surface area contributed by atoms with E-state index in [1.807, 2.05) is 28.9 Å². The molecule has 0 saturated carbocycles. The van der Waals surface area contributed by atoms with Gasteiger partial charge in [-0.25, -0.2) is 0 Å². The Morgan fingerprint density at radius 2 is 2.00 bits per heavy atom. The van der Waals surface area contributed by atoms with E-state index in [1.54, 1.807) is 19.9 Å². The van der Waals surface area contributed by atoms with Gasteiger partial charge in [-0.3, -0.25) is 0 Å². The first-order valence-electron chi connectivity index (χ1n) is 4.76. The van der Waals surface area contributed by atoms with Crippen molar-refractivity contribution in [1.29, 1.82) is 5.26 Å². The molecule has 0 unspecified atom stereocenters. The van der Waals surface area contributed by atoms with Crippen LogP contribution >= 0.6 is 0 Å². The van der Waals surface area contributed by atoms with Crippen molar-refractivity contribution in [3.05, 3.63) is 41.7 Å². The molecule has 0 fully saturated rings. The lowest BCUT2D eigenvalue weighted by Gasteiger charge is -2.17.